The molecule has 7 nitrogen and oxygen atoms in total. The van der Waals surface area contributed by atoms with Gasteiger partial charge in [-0.2, -0.15) is 0 Å². The number of aliphatic carboxylic acids is 1. The molecule has 7 heteroatoms. The molecule has 3 rings (SSSR count). The molecular formula is C15H17NO6. The fourth-order valence-electron chi connectivity index (χ4n) is 2.76. The van der Waals surface area contributed by atoms with Crippen molar-refractivity contribution in [1.82, 2.24) is 4.90 Å². The zero-order chi connectivity index (χ0) is 15.6. The highest BCUT2D eigenvalue weighted by Gasteiger charge is 2.53. The molecule has 0 saturated carbocycles. The molecule has 1 N–H and O–H groups in total. The molecule has 0 radical (unpaired) electrons. The summed E-state index contributed by atoms with van der Waals surface area (Å²) in [6.45, 7) is 0.966. The van der Waals surface area contributed by atoms with Crippen molar-refractivity contribution in [1.29, 1.82) is 0 Å². The van der Waals surface area contributed by atoms with E-state index >= 15 is 0 Å². The number of carbonyl (C=O) groups is 2. The summed E-state index contributed by atoms with van der Waals surface area (Å²) in [5, 5.41) is 9.30. The second-order valence-corrected chi connectivity index (χ2v) is 5.33. The first-order valence-corrected chi connectivity index (χ1v) is 7.08. The Bertz CT molecular complexity index is 554. The Hall–Kier alpha value is -2.12. The van der Waals surface area contributed by atoms with Crippen LogP contribution in [-0.4, -0.2) is 53.7 Å². The summed E-state index contributed by atoms with van der Waals surface area (Å²) in [4.78, 5) is 24.7. The van der Waals surface area contributed by atoms with Gasteiger partial charge in [0.25, 0.3) is 0 Å². The van der Waals surface area contributed by atoms with Gasteiger partial charge in [-0.15, -0.1) is 0 Å². The van der Waals surface area contributed by atoms with E-state index in [0.717, 1.165) is 10.5 Å². The topological polar surface area (TPSA) is 85.3 Å². The number of hydrogen-bond acceptors (Lipinski definition) is 5. The van der Waals surface area contributed by atoms with Crippen LogP contribution in [0.4, 0.5) is 4.79 Å². The van der Waals surface area contributed by atoms with Crippen LogP contribution in [-0.2, 0) is 25.6 Å². The van der Waals surface area contributed by atoms with E-state index < -0.39 is 23.9 Å². The maximum Gasteiger partial charge on any atom is 0.411 e. The van der Waals surface area contributed by atoms with Gasteiger partial charge in [-0.1, -0.05) is 30.3 Å². The van der Waals surface area contributed by atoms with E-state index in [0.29, 0.717) is 13.2 Å². The highest BCUT2D eigenvalue weighted by atomic mass is 16.7. The van der Waals surface area contributed by atoms with Gasteiger partial charge in [0.2, 0.25) is 0 Å². The molecule has 1 unspecified atom stereocenters. The number of ether oxygens (including phenoxy) is 3. The first-order chi connectivity index (χ1) is 10.6. The van der Waals surface area contributed by atoms with E-state index in [1.54, 1.807) is 0 Å². The minimum absolute atomic E-state index is 0.0671. The molecule has 1 amide bonds. The average Bonchev–Trinajstić information content (AvgIpc) is 3.14. The van der Waals surface area contributed by atoms with Crippen LogP contribution in [0.2, 0.25) is 0 Å². The molecule has 2 aliphatic heterocycles. The van der Waals surface area contributed by atoms with E-state index in [-0.39, 0.29) is 19.6 Å². The van der Waals surface area contributed by atoms with E-state index in [4.69, 9.17) is 14.2 Å². The highest BCUT2D eigenvalue weighted by molar-refractivity contribution is 5.81. The molecule has 0 aliphatic carbocycles. The van der Waals surface area contributed by atoms with Gasteiger partial charge in [0.1, 0.15) is 12.6 Å². The predicted molar refractivity (Wildman–Crippen MR) is 74.0 cm³/mol. The number of likely N-dealkylation sites (tertiary alicyclic amines) is 1. The Kier molecular flexibility index (Phi) is 4.00. The third-order valence-corrected chi connectivity index (χ3v) is 3.83. The van der Waals surface area contributed by atoms with Gasteiger partial charge < -0.3 is 19.3 Å². The molecule has 118 valence electrons. The van der Waals surface area contributed by atoms with E-state index in [1.807, 2.05) is 30.3 Å². The monoisotopic (exact) mass is 307 g/mol. The normalized spacial score (nSPS) is 22.9. The molecule has 1 aromatic carbocycles. The second-order valence-electron chi connectivity index (χ2n) is 5.33. The molecule has 2 heterocycles. The summed E-state index contributed by atoms with van der Waals surface area (Å²) < 4.78 is 16.2. The van der Waals surface area contributed by atoms with Crippen LogP contribution in [0.1, 0.15) is 12.0 Å². The number of carboxylic acid groups (broad SMARTS) is 1. The standard InChI is InChI=1S/C15H17NO6/c17-13(18)12-8-15(21-6-7-22-15)10-16(12)14(19)20-9-11-4-2-1-3-5-11/h1-5,12H,6-10H2,(H,17,18). The molecule has 2 aliphatic rings. The Balaban J connectivity index is 1.66. The van der Waals surface area contributed by atoms with Crippen molar-refractivity contribution in [2.24, 2.45) is 0 Å². The number of rotatable bonds is 3. The van der Waals surface area contributed by atoms with Crippen LogP contribution in [0.15, 0.2) is 30.3 Å². The molecular weight excluding hydrogens is 290 g/mol. The van der Waals surface area contributed by atoms with Crippen molar-refractivity contribution in [3.05, 3.63) is 35.9 Å². The minimum Gasteiger partial charge on any atom is -0.480 e. The third kappa shape index (κ3) is 2.90. The lowest BCUT2D eigenvalue weighted by Crippen LogP contribution is -2.41. The molecule has 0 aromatic heterocycles. The van der Waals surface area contributed by atoms with E-state index in [2.05, 4.69) is 0 Å². The zero-order valence-electron chi connectivity index (χ0n) is 11.9. The lowest BCUT2D eigenvalue weighted by atomic mass is 10.1. The van der Waals surface area contributed by atoms with Gasteiger partial charge in [-0.05, 0) is 5.56 Å². The highest BCUT2D eigenvalue weighted by Crippen LogP contribution is 2.35. The second kappa shape index (κ2) is 5.94. The minimum atomic E-state index is -1.09. The Morgan fingerprint density at radius 2 is 1.95 bits per heavy atom. The van der Waals surface area contributed by atoms with Crippen molar-refractivity contribution in [3.63, 3.8) is 0 Å². The van der Waals surface area contributed by atoms with Gasteiger partial charge >= 0.3 is 12.1 Å². The van der Waals surface area contributed by atoms with Crippen LogP contribution in [0.5, 0.6) is 0 Å². The van der Waals surface area contributed by atoms with Crippen LogP contribution < -0.4 is 0 Å². The van der Waals surface area contributed by atoms with E-state index in [9.17, 15) is 14.7 Å². The zero-order valence-corrected chi connectivity index (χ0v) is 11.9. The molecule has 1 aromatic rings. The molecule has 0 bridgehead atoms. The first kappa shape index (κ1) is 14.8. The van der Waals surface area contributed by atoms with Crippen molar-refractivity contribution < 1.29 is 28.9 Å². The molecule has 22 heavy (non-hydrogen) atoms. The lowest BCUT2D eigenvalue weighted by Gasteiger charge is -2.22. The summed E-state index contributed by atoms with van der Waals surface area (Å²) in [5.74, 6) is -2.10. The van der Waals surface area contributed by atoms with Crippen LogP contribution in [0.3, 0.4) is 0 Å². The number of carbonyl (C=O) groups excluding carboxylic acids is 1. The maximum atomic E-state index is 12.2. The van der Waals surface area contributed by atoms with Gasteiger partial charge in [-0.3, -0.25) is 4.90 Å². The van der Waals surface area contributed by atoms with Gasteiger partial charge in [0.15, 0.2) is 5.79 Å². The van der Waals surface area contributed by atoms with E-state index in [1.165, 1.54) is 0 Å². The number of nitrogens with zero attached hydrogens (tertiary/aromatic N) is 1. The van der Waals surface area contributed by atoms with Gasteiger partial charge in [-0.25, -0.2) is 9.59 Å². The number of amides is 1. The summed E-state index contributed by atoms with van der Waals surface area (Å²) in [5.41, 5.74) is 0.838. The van der Waals surface area contributed by atoms with Gasteiger partial charge in [0.05, 0.1) is 19.8 Å². The molecule has 2 saturated heterocycles. The largest absolute Gasteiger partial charge is 0.480 e. The van der Waals surface area contributed by atoms with Crippen LogP contribution in [0.25, 0.3) is 0 Å². The van der Waals surface area contributed by atoms with Crippen molar-refractivity contribution in [3.8, 4) is 0 Å². The number of hydrogen-bond donors (Lipinski definition) is 1. The average molecular weight is 307 g/mol. The van der Waals surface area contributed by atoms with Crippen molar-refractivity contribution in [2.75, 3.05) is 19.8 Å². The Morgan fingerprint density at radius 3 is 2.59 bits per heavy atom. The van der Waals surface area contributed by atoms with Crippen molar-refractivity contribution >= 4 is 12.1 Å². The van der Waals surface area contributed by atoms with Crippen LogP contribution in [0, 0.1) is 0 Å². The van der Waals surface area contributed by atoms with Gasteiger partial charge in [0, 0.05) is 6.42 Å². The third-order valence-electron chi connectivity index (χ3n) is 3.83. The molecule has 1 atom stereocenters. The summed E-state index contributed by atoms with van der Waals surface area (Å²) in [6, 6.07) is 8.21. The lowest BCUT2D eigenvalue weighted by molar-refractivity contribution is -0.150. The summed E-state index contributed by atoms with van der Waals surface area (Å²) in [7, 11) is 0. The number of benzene rings is 1. The SMILES string of the molecule is O=C(O)C1CC2(CN1C(=O)OCc1ccccc1)OCCO2. The molecule has 2 fully saturated rings. The Labute approximate surface area is 127 Å². The first-order valence-electron chi connectivity index (χ1n) is 7.08. The molecule has 1 spiro atoms. The number of carboxylic acids is 1. The Morgan fingerprint density at radius 1 is 1.27 bits per heavy atom. The fourth-order valence-corrected chi connectivity index (χ4v) is 2.76. The summed E-state index contributed by atoms with van der Waals surface area (Å²) >= 11 is 0. The smallest absolute Gasteiger partial charge is 0.411 e. The quantitative estimate of drug-likeness (QED) is 0.904. The van der Waals surface area contributed by atoms with Crippen molar-refractivity contribution in [2.45, 2.75) is 24.9 Å². The summed E-state index contributed by atoms with van der Waals surface area (Å²) in [6.07, 6.45) is -0.560. The predicted octanol–water partition coefficient (Wildman–Crippen LogP) is 1.23. The maximum absolute atomic E-state index is 12.2. The fraction of sp³-hybridized carbons (Fsp3) is 0.467. The van der Waals surface area contributed by atoms with Crippen LogP contribution >= 0.6 is 0 Å².